The summed E-state index contributed by atoms with van der Waals surface area (Å²) in [7, 11) is 0. The monoisotopic (exact) mass is 640 g/mol. The van der Waals surface area contributed by atoms with Crippen molar-refractivity contribution in [3.8, 4) is 0 Å². The number of halogens is 1. The summed E-state index contributed by atoms with van der Waals surface area (Å²) < 4.78 is 13.7. The SMILES string of the molecule is CCOC(=O)C1=C(c2ccccc2)N=c2s/c(=C/c3ccc(Sc4ccc(Cl)cc4)o3)c(=O)n2[C@H]1c1ccc(C(C)C)cc1. The van der Waals surface area contributed by atoms with Gasteiger partial charge in [-0.15, -0.1) is 0 Å². The van der Waals surface area contributed by atoms with Crippen molar-refractivity contribution < 1.29 is 13.9 Å². The van der Waals surface area contributed by atoms with Crippen LogP contribution in [0.3, 0.4) is 0 Å². The van der Waals surface area contributed by atoms with E-state index < -0.39 is 12.0 Å². The van der Waals surface area contributed by atoms with E-state index in [-0.39, 0.29) is 12.2 Å². The third-order valence-corrected chi connectivity index (χ3v) is 9.36. The van der Waals surface area contributed by atoms with Gasteiger partial charge in [0, 0.05) is 21.6 Å². The van der Waals surface area contributed by atoms with Crippen LogP contribution in [0.1, 0.15) is 55.2 Å². The van der Waals surface area contributed by atoms with E-state index in [4.69, 9.17) is 25.7 Å². The molecule has 0 radical (unpaired) electrons. The van der Waals surface area contributed by atoms with E-state index in [0.717, 1.165) is 21.6 Å². The second-order valence-corrected chi connectivity index (χ2v) is 13.0. The molecule has 0 fully saturated rings. The van der Waals surface area contributed by atoms with E-state index in [1.54, 1.807) is 17.6 Å². The summed E-state index contributed by atoms with van der Waals surface area (Å²) >= 11 is 8.75. The van der Waals surface area contributed by atoms with Crippen molar-refractivity contribution >= 4 is 52.4 Å². The van der Waals surface area contributed by atoms with E-state index in [1.807, 2.05) is 91.0 Å². The van der Waals surface area contributed by atoms with Crippen molar-refractivity contribution in [3.63, 3.8) is 0 Å². The largest absolute Gasteiger partial charge is 0.463 e. The Labute approximate surface area is 268 Å². The Kier molecular flexibility index (Phi) is 8.75. The second-order valence-electron chi connectivity index (χ2n) is 10.5. The number of rotatable bonds is 8. The summed E-state index contributed by atoms with van der Waals surface area (Å²) in [5.74, 6) is 0.372. The number of nitrogens with zero attached hydrogens (tertiary/aromatic N) is 2. The Bertz CT molecular complexity index is 2020. The van der Waals surface area contributed by atoms with E-state index in [1.165, 1.54) is 23.1 Å². The minimum absolute atomic E-state index is 0.197. The maximum Gasteiger partial charge on any atom is 0.338 e. The van der Waals surface area contributed by atoms with Crippen molar-refractivity contribution in [3.05, 3.63) is 144 Å². The van der Waals surface area contributed by atoms with Gasteiger partial charge in [0.1, 0.15) is 5.76 Å². The summed E-state index contributed by atoms with van der Waals surface area (Å²) in [6.45, 7) is 6.22. The van der Waals surface area contributed by atoms with Gasteiger partial charge < -0.3 is 9.15 Å². The average molecular weight is 641 g/mol. The molecule has 2 aromatic heterocycles. The molecule has 3 aromatic carbocycles. The molecule has 1 aliphatic heterocycles. The lowest BCUT2D eigenvalue weighted by atomic mass is 9.91. The van der Waals surface area contributed by atoms with Crippen LogP contribution in [0.25, 0.3) is 11.8 Å². The second kappa shape index (κ2) is 12.9. The first kappa shape index (κ1) is 29.9. The Morgan fingerprint density at radius 2 is 1.77 bits per heavy atom. The van der Waals surface area contributed by atoms with Gasteiger partial charge in [0.05, 0.1) is 28.5 Å². The number of carbonyl (C=O) groups is 1. The molecular weight excluding hydrogens is 612 g/mol. The molecule has 0 N–H and O–H groups in total. The normalized spacial score (nSPS) is 14.9. The molecule has 0 saturated carbocycles. The molecule has 0 aliphatic carbocycles. The van der Waals surface area contributed by atoms with Gasteiger partial charge in [-0.25, -0.2) is 9.79 Å². The summed E-state index contributed by atoms with van der Waals surface area (Å²) in [5.41, 5.74) is 3.29. The summed E-state index contributed by atoms with van der Waals surface area (Å²) in [6, 6.07) is 28.1. The van der Waals surface area contributed by atoms with Gasteiger partial charge in [-0.1, -0.05) is 103 Å². The molecular formula is C35H29ClN2O4S2. The third-order valence-electron chi connectivity index (χ3n) is 7.20. The van der Waals surface area contributed by atoms with Crippen LogP contribution >= 0.6 is 34.7 Å². The van der Waals surface area contributed by atoms with Crippen LogP contribution in [0.5, 0.6) is 0 Å². The first-order chi connectivity index (χ1) is 21.3. The van der Waals surface area contributed by atoms with Gasteiger partial charge in [0.15, 0.2) is 9.89 Å². The van der Waals surface area contributed by atoms with Crippen LogP contribution in [-0.4, -0.2) is 17.1 Å². The quantitative estimate of drug-likeness (QED) is 0.165. The maximum absolute atomic E-state index is 14.1. The molecule has 5 aromatic rings. The first-order valence-corrected chi connectivity index (χ1v) is 16.2. The number of hydrogen-bond acceptors (Lipinski definition) is 7. The lowest BCUT2D eigenvalue weighted by Gasteiger charge is -2.26. The van der Waals surface area contributed by atoms with E-state index in [2.05, 4.69) is 13.8 Å². The van der Waals surface area contributed by atoms with Crippen molar-refractivity contribution in [1.82, 2.24) is 4.57 Å². The van der Waals surface area contributed by atoms with E-state index in [9.17, 15) is 9.59 Å². The zero-order valence-electron chi connectivity index (χ0n) is 24.3. The number of thiazole rings is 1. The maximum atomic E-state index is 14.1. The standard InChI is InChI=1S/C35H29ClN2O4S2/c1-4-41-34(40)30-31(23-8-6-5-7-9-23)37-35-38(32(30)24-12-10-22(11-13-24)21(2)3)33(39)28(44-35)20-26-16-19-29(42-26)43-27-17-14-25(36)15-18-27/h5-21,32H,4H2,1-3H3/b28-20+/t32-/m0/s1. The highest BCUT2D eigenvalue weighted by molar-refractivity contribution is 7.99. The van der Waals surface area contributed by atoms with Crippen molar-refractivity contribution in [2.75, 3.05) is 6.61 Å². The number of ether oxygens (including phenoxy) is 1. The molecule has 222 valence electrons. The number of hydrogen-bond donors (Lipinski definition) is 0. The highest BCUT2D eigenvalue weighted by Crippen LogP contribution is 2.36. The van der Waals surface area contributed by atoms with Crippen molar-refractivity contribution in [1.29, 1.82) is 0 Å². The van der Waals surface area contributed by atoms with Crippen molar-refractivity contribution in [2.24, 2.45) is 4.99 Å². The number of furan rings is 1. The minimum Gasteiger partial charge on any atom is -0.463 e. The van der Waals surface area contributed by atoms with Crippen LogP contribution in [0.15, 0.2) is 121 Å². The predicted molar refractivity (Wildman–Crippen MR) is 176 cm³/mol. The van der Waals surface area contributed by atoms with E-state index in [0.29, 0.717) is 42.4 Å². The van der Waals surface area contributed by atoms with Crippen LogP contribution in [-0.2, 0) is 9.53 Å². The van der Waals surface area contributed by atoms with E-state index >= 15 is 0 Å². The van der Waals surface area contributed by atoms with Gasteiger partial charge in [0.25, 0.3) is 5.56 Å². The smallest absolute Gasteiger partial charge is 0.338 e. The predicted octanol–water partition coefficient (Wildman–Crippen LogP) is 7.46. The van der Waals surface area contributed by atoms with Gasteiger partial charge in [-0.3, -0.25) is 9.36 Å². The fourth-order valence-electron chi connectivity index (χ4n) is 5.03. The molecule has 0 amide bonds. The molecule has 0 bridgehead atoms. The number of carbonyl (C=O) groups excluding carboxylic acids is 1. The molecule has 44 heavy (non-hydrogen) atoms. The molecule has 3 heterocycles. The number of esters is 1. The topological polar surface area (TPSA) is 73.8 Å². The molecule has 0 saturated heterocycles. The molecule has 0 unspecified atom stereocenters. The molecule has 1 aliphatic rings. The first-order valence-electron chi connectivity index (χ1n) is 14.2. The van der Waals surface area contributed by atoms with Gasteiger partial charge in [0.2, 0.25) is 0 Å². The van der Waals surface area contributed by atoms with Crippen molar-refractivity contribution in [2.45, 2.75) is 42.7 Å². The van der Waals surface area contributed by atoms with Crippen LogP contribution in [0, 0.1) is 0 Å². The highest BCUT2D eigenvalue weighted by atomic mass is 35.5. The fraction of sp³-hybridized carbons (Fsp3) is 0.171. The molecule has 6 rings (SSSR count). The summed E-state index contributed by atoms with van der Waals surface area (Å²) in [6.07, 6.45) is 1.73. The third kappa shape index (κ3) is 6.11. The minimum atomic E-state index is -0.725. The Morgan fingerprint density at radius 3 is 2.45 bits per heavy atom. The zero-order chi connectivity index (χ0) is 30.8. The Balaban J connectivity index is 1.50. The number of aromatic nitrogens is 1. The average Bonchev–Trinajstić information content (AvgIpc) is 3.60. The van der Waals surface area contributed by atoms with Crippen LogP contribution in [0.4, 0.5) is 0 Å². The molecule has 6 nitrogen and oxygen atoms in total. The molecule has 0 spiro atoms. The number of fused-ring (bicyclic) bond motifs is 1. The Hall–Kier alpha value is -4.11. The molecule has 1 atom stereocenters. The van der Waals surface area contributed by atoms with Crippen LogP contribution < -0.4 is 14.9 Å². The lowest BCUT2D eigenvalue weighted by Crippen LogP contribution is -2.40. The summed E-state index contributed by atoms with van der Waals surface area (Å²) in [5, 5.41) is 1.35. The van der Waals surface area contributed by atoms with Gasteiger partial charge in [-0.2, -0.15) is 0 Å². The Morgan fingerprint density at radius 1 is 1.05 bits per heavy atom. The van der Waals surface area contributed by atoms with Crippen LogP contribution in [0.2, 0.25) is 5.02 Å². The van der Waals surface area contributed by atoms with Gasteiger partial charge in [-0.05, 0) is 60.4 Å². The lowest BCUT2D eigenvalue weighted by molar-refractivity contribution is -0.138. The van der Waals surface area contributed by atoms with Gasteiger partial charge >= 0.3 is 5.97 Å². The zero-order valence-corrected chi connectivity index (χ0v) is 26.7. The number of benzene rings is 3. The summed E-state index contributed by atoms with van der Waals surface area (Å²) in [4.78, 5) is 34.2. The highest BCUT2D eigenvalue weighted by Gasteiger charge is 2.35. The molecule has 9 heteroatoms. The fourth-order valence-corrected chi connectivity index (χ4v) is 6.92.